The highest BCUT2D eigenvalue weighted by Crippen LogP contribution is 2.31. The molecule has 0 aromatic carbocycles. The van der Waals surface area contributed by atoms with Gasteiger partial charge < -0.3 is 11.1 Å². The number of carbonyl (C=O) groups is 1. The minimum atomic E-state index is -0.323. The fourth-order valence-electron chi connectivity index (χ4n) is 2.18. The monoisotopic (exact) mass is 323 g/mol. The third-order valence-electron chi connectivity index (χ3n) is 3.86. The van der Waals surface area contributed by atoms with Gasteiger partial charge in [0, 0.05) is 6.54 Å². The summed E-state index contributed by atoms with van der Waals surface area (Å²) in [6.45, 7) is 6.42. The Morgan fingerprint density at radius 2 is 2.14 bits per heavy atom. The van der Waals surface area contributed by atoms with Gasteiger partial charge in [0.25, 0.3) is 5.91 Å². The van der Waals surface area contributed by atoms with Crippen molar-refractivity contribution in [3.63, 3.8) is 0 Å². The molecule has 0 aliphatic carbocycles. The number of hydrogen-bond donors (Lipinski definition) is 2. The first-order valence-electron chi connectivity index (χ1n) is 7.09. The number of amides is 1. The lowest BCUT2D eigenvalue weighted by Crippen LogP contribution is -2.52. The molecule has 0 saturated heterocycles. The predicted molar refractivity (Wildman–Crippen MR) is 90.0 cm³/mol. The van der Waals surface area contributed by atoms with E-state index >= 15 is 0 Å². The number of nitrogens with zero attached hydrogens (tertiary/aromatic N) is 1. The fraction of sp³-hybridized carbons (Fsp3) is 0.467. The zero-order valence-electron chi connectivity index (χ0n) is 12.6. The molecule has 2 aromatic heterocycles. The Morgan fingerprint density at radius 3 is 2.67 bits per heavy atom. The summed E-state index contributed by atoms with van der Waals surface area (Å²) in [7, 11) is 0. The molecule has 0 aliphatic heterocycles. The Bertz CT molecular complexity index is 592. The number of rotatable bonds is 6. The third-order valence-corrected chi connectivity index (χ3v) is 6.05. The van der Waals surface area contributed by atoms with Gasteiger partial charge >= 0.3 is 0 Å². The van der Waals surface area contributed by atoms with E-state index in [1.54, 1.807) is 11.3 Å². The molecule has 0 fully saturated rings. The van der Waals surface area contributed by atoms with Crippen LogP contribution in [0.1, 0.15) is 42.1 Å². The molecule has 6 heteroatoms. The van der Waals surface area contributed by atoms with Crippen LogP contribution in [0.25, 0.3) is 9.88 Å². The van der Waals surface area contributed by atoms with Crippen LogP contribution in [-0.4, -0.2) is 23.0 Å². The van der Waals surface area contributed by atoms with E-state index < -0.39 is 0 Å². The van der Waals surface area contributed by atoms with Gasteiger partial charge in [-0.25, -0.2) is 4.98 Å². The molecule has 2 aromatic rings. The zero-order valence-corrected chi connectivity index (χ0v) is 14.2. The summed E-state index contributed by atoms with van der Waals surface area (Å²) >= 11 is 3.08. The lowest BCUT2D eigenvalue weighted by Gasteiger charge is -2.31. The summed E-state index contributed by atoms with van der Waals surface area (Å²) in [6.07, 6.45) is 1.64. The van der Waals surface area contributed by atoms with Gasteiger partial charge in [0.15, 0.2) is 0 Å². The summed E-state index contributed by atoms with van der Waals surface area (Å²) in [5, 5.41) is 6.02. The summed E-state index contributed by atoms with van der Waals surface area (Å²) in [5.74, 6) is -0.0676. The SMILES string of the molecule is CCC(CC)(CN)NC(=O)c1sc(-c2cccs2)nc1C. The molecular weight excluding hydrogens is 302 g/mol. The van der Waals surface area contributed by atoms with Gasteiger partial charge in [0.1, 0.15) is 9.88 Å². The molecular formula is C15H21N3OS2. The van der Waals surface area contributed by atoms with Crippen LogP contribution in [0.5, 0.6) is 0 Å². The van der Waals surface area contributed by atoms with Gasteiger partial charge in [-0.2, -0.15) is 0 Å². The second-order valence-electron chi connectivity index (χ2n) is 5.06. The van der Waals surface area contributed by atoms with E-state index in [1.807, 2.05) is 38.3 Å². The number of hydrogen-bond acceptors (Lipinski definition) is 5. The number of nitrogens with two attached hydrogens (primary N) is 1. The largest absolute Gasteiger partial charge is 0.345 e. The average molecular weight is 323 g/mol. The van der Waals surface area contributed by atoms with E-state index in [2.05, 4.69) is 10.3 Å². The van der Waals surface area contributed by atoms with Gasteiger partial charge in [-0.3, -0.25) is 4.79 Å². The minimum Gasteiger partial charge on any atom is -0.345 e. The van der Waals surface area contributed by atoms with Gasteiger partial charge in [0.2, 0.25) is 0 Å². The van der Waals surface area contributed by atoms with Crippen LogP contribution in [0.2, 0.25) is 0 Å². The molecule has 0 aliphatic rings. The van der Waals surface area contributed by atoms with E-state index in [0.717, 1.165) is 28.4 Å². The Morgan fingerprint density at radius 1 is 1.43 bits per heavy atom. The minimum absolute atomic E-state index is 0.0676. The maximum atomic E-state index is 12.5. The Balaban J connectivity index is 2.24. The molecule has 3 N–H and O–H groups in total. The van der Waals surface area contributed by atoms with Gasteiger partial charge in [-0.1, -0.05) is 19.9 Å². The van der Waals surface area contributed by atoms with Crippen molar-refractivity contribution in [2.75, 3.05) is 6.54 Å². The van der Waals surface area contributed by atoms with Crippen LogP contribution >= 0.6 is 22.7 Å². The van der Waals surface area contributed by atoms with Crippen LogP contribution in [0.15, 0.2) is 17.5 Å². The maximum Gasteiger partial charge on any atom is 0.263 e. The van der Waals surface area contributed by atoms with E-state index in [0.29, 0.717) is 11.4 Å². The number of aryl methyl sites for hydroxylation is 1. The van der Waals surface area contributed by atoms with Crippen molar-refractivity contribution in [2.45, 2.75) is 39.2 Å². The fourth-order valence-corrected chi connectivity index (χ4v) is 3.94. The lowest BCUT2D eigenvalue weighted by atomic mass is 9.93. The second kappa shape index (κ2) is 6.68. The maximum absolute atomic E-state index is 12.5. The Hall–Kier alpha value is -1.24. The average Bonchev–Trinajstić information content (AvgIpc) is 3.14. The quantitative estimate of drug-likeness (QED) is 0.856. The molecule has 0 bridgehead atoms. The topological polar surface area (TPSA) is 68.0 Å². The summed E-state index contributed by atoms with van der Waals surface area (Å²) in [4.78, 5) is 18.8. The number of thiazole rings is 1. The van der Waals surface area contributed by atoms with Crippen molar-refractivity contribution in [1.82, 2.24) is 10.3 Å². The first-order valence-corrected chi connectivity index (χ1v) is 8.78. The van der Waals surface area contributed by atoms with Crippen molar-refractivity contribution in [3.8, 4) is 9.88 Å². The Labute approximate surface area is 133 Å². The molecule has 114 valence electrons. The van der Waals surface area contributed by atoms with Gasteiger partial charge in [-0.05, 0) is 31.2 Å². The molecule has 0 saturated carbocycles. The first-order chi connectivity index (χ1) is 10.0. The molecule has 0 unspecified atom stereocenters. The highest BCUT2D eigenvalue weighted by molar-refractivity contribution is 7.22. The van der Waals surface area contributed by atoms with E-state index in [9.17, 15) is 4.79 Å². The second-order valence-corrected chi connectivity index (χ2v) is 7.00. The highest BCUT2D eigenvalue weighted by Gasteiger charge is 2.28. The zero-order chi connectivity index (χ0) is 15.5. The number of nitrogens with one attached hydrogen (secondary N) is 1. The molecule has 2 rings (SSSR count). The van der Waals surface area contributed by atoms with Crippen LogP contribution in [0.4, 0.5) is 0 Å². The lowest BCUT2D eigenvalue weighted by molar-refractivity contribution is 0.0898. The summed E-state index contributed by atoms with van der Waals surface area (Å²) in [6, 6.07) is 4.01. The van der Waals surface area contributed by atoms with Crippen LogP contribution in [-0.2, 0) is 0 Å². The van der Waals surface area contributed by atoms with E-state index in [4.69, 9.17) is 5.73 Å². The molecule has 0 atom stereocenters. The van der Waals surface area contributed by atoms with Gasteiger partial charge in [0.05, 0.1) is 16.1 Å². The molecule has 21 heavy (non-hydrogen) atoms. The van der Waals surface area contributed by atoms with Crippen molar-refractivity contribution in [3.05, 3.63) is 28.1 Å². The van der Waals surface area contributed by atoms with E-state index in [1.165, 1.54) is 11.3 Å². The third kappa shape index (κ3) is 3.33. The van der Waals surface area contributed by atoms with Crippen molar-refractivity contribution >= 4 is 28.6 Å². The molecule has 4 nitrogen and oxygen atoms in total. The predicted octanol–water partition coefficient (Wildman–Crippen LogP) is 3.43. The Kier molecular flexibility index (Phi) is 5.13. The summed E-state index contributed by atoms with van der Waals surface area (Å²) in [5.41, 5.74) is 6.30. The van der Waals surface area contributed by atoms with E-state index in [-0.39, 0.29) is 11.4 Å². The number of carbonyl (C=O) groups excluding carboxylic acids is 1. The normalized spacial score (nSPS) is 11.6. The first kappa shape index (κ1) is 16.1. The van der Waals surface area contributed by atoms with Crippen molar-refractivity contribution in [2.24, 2.45) is 5.73 Å². The highest BCUT2D eigenvalue weighted by atomic mass is 32.1. The molecule has 0 spiro atoms. The molecule has 1 amide bonds. The van der Waals surface area contributed by atoms with Crippen LogP contribution in [0, 0.1) is 6.92 Å². The van der Waals surface area contributed by atoms with Crippen LogP contribution in [0.3, 0.4) is 0 Å². The van der Waals surface area contributed by atoms with Gasteiger partial charge in [-0.15, -0.1) is 22.7 Å². The van der Waals surface area contributed by atoms with Crippen molar-refractivity contribution in [1.29, 1.82) is 0 Å². The van der Waals surface area contributed by atoms with Crippen LogP contribution < -0.4 is 11.1 Å². The standard InChI is InChI=1S/C15H21N3OS2/c1-4-15(5-2,9-16)18-13(19)12-10(3)17-14(21-12)11-7-6-8-20-11/h6-8H,4-5,9,16H2,1-3H3,(H,18,19). The molecule has 0 radical (unpaired) electrons. The summed E-state index contributed by atoms with van der Waals surface area (Å²) < 4.78 is 0. The number of thiophene rings is 1. The number of aromatic nitrogens is 1. The van der Waals surface area contributed by atoms with Crippen molar-refractivity contribution < 1.29 is 4.79 Å². The molecule has 2 heterocycles. The smallest absolute Gasteiger partial charge is 0.263 e.